The number of carbonyl (C=O) groups excluding carboxylic acids is 1. The molecule has 0 atom stereocenters. The van der Waals surface area contributed by atoms with Crippen LogP contribution in [0.15, 0.2) is 22.7 Å². The lowest BCUT2D eigenvalue weighted by Gasteiger charge is -2.35. The van der Waals surface area contributed by atoms with Gasteiger partial charge in [0.2, 0.25) is 0 Å². The number of benzene rings is 1. The number of carbonyl (C=O) groups is 1. The second-order valence-electron chi connectivity index (χ2n) is 7.17. The van der Waals surface area contributed by atoms with Gasteiger partial charge in [0, 0.05) is 44.7 Å². The highest BCUT2D eigenvalue weighted by molar-refractivity contribution is 9.10. The summed E-state index contributed by atoms with van der Waals surface area (Å²) < 4.78 is 6.51. The predicted octanol–water partition coefficient (Wildman–Crippen LogP) is 3.42. The summed E-state index contributed by atoms with van der Waals surface area (Å²) in [5, 5.41) is 11.9. The Labute approximate surface area is 180 Å². The second-order valence-corrected chi connectivity index (χ2v) is 8.41. The summed E-state index contributed by atoms with van der Waals surface area (Å²) in [6.45, 7) is 8.90. The van der Waals surface area contributed by atoms with E-state index < -0.39 is 0 Å². The van der Waals surface area contributed by atoms with Gasteiger partial charge in [-0.05, 0) is 58.7 Å². The molecule has 28 heavy (non-hydrogen) atoms. The monoisotopic (exact) mass is 466 g/mol. The fraction of sp³-hybridized carbons (Fsp3) is 0.550. The molecule has 1 aliphatic rings. The van der Waals surface area contributed by atoms with Gasteiger partial charge in [-0.25, -0.2) is 0 Å². The Hall–Kier alpha value is -1.69. The lowest BCUT2D eigenvalue weighted by molar-refractivity contribution is 0.0969. The maximum absolute atomic E-state index is 12.5. The maximum Gasteiger partial charge on any atom is 0.257 e. The van der Waals surface area contributed by atoms with E-state index in [1.165, 1.54) is 0 Å². The predicted molar refractivity (Wildman–Crippen MR) is 117 cm³/mol. The van der Waals surface area contributed by atoms with Crippen molar-refractivity contribution in [1.29, 1.82) is 5.26 Å². The molecule has 1 heterocycles. The Balaban J connectivity index is 1.84. The third kappa shape index (κ3) is 7.04. The molecular formula is C20H27BrN4O2S. The van der Waals surface area contributed by atoms with E-state index >= 15 is 0 Å². The Bertz CT molecular complexity index is 727. The first-order valence-electron chi connectivity index (χ1n) is 9.52. The Morgan fingerprint density at radius 2 is 2.07 bits per heavy atom. The van der Waals surface area contributed by atoms with E-state index in [1.54, 1.807) is 18.2 Å². The van der Waals surface area contributed by atoms with Crippen LogP contribution >= 0.6 is 28.1 Å². The van der Waals surface area contributed by atoms with E-state index in [9.17, 15) is 4.79 Å². The molecule has 1 aliphatic heterocycles. The van der Waals surface area contributed by atoms with Crippen molar-refractivity contribution >= 4 is 39.2 Å². The molecule has 1 fully saturated rings. The summed E-state index contributed by atoms with van der Waals surface area (Å²) in [6.07, 6.45) is 1.51. The number of amides is 1. The van der Waals surface area contributed by atoms with Crippen molar-refractivity contribution in [3.8, 4) is 11.8 Å². The van der Waals surface area contributed by atoms with Crippen LogP contribution in [0.4, 0.5) is 0 Å². The largest absolute Gasteiger partial charge is 0.492 e. The first-order valence-corrected chi connectivity index (χ1v) is 10.7. The van der Waals surface area contributed by atoms with E-state index in [-0.39, 0.29) is 5.91 Å². The highest BCUT2D eigenvalue weighted by Gasteiger charge is 2.20. The lowest BCUT2D eigenvalue weighted by Crippen LogP contribution is -2.52. The third-order valence-electron chi connectivity index (χ3n) is 4.57. The summed E-state index contributed by atoms with van der Waals surface area (Å²) in [5.74, 6) is 1.08. The summed E-state index contributed by atoms with van der Waals surface area (Å²) in [4.78, 5) is 16.8. The van der Waals surface area contributed by atoms with Crippen LogP contribution in [-0.4, -0.2) is 60.2 Å². The molecule has 1 amide bonds. The van der Waals surface area contributed by atoms with Crippen LogP contribution in [0.25, 0.3) is 0 Å². The van der Waals surface area contributed by atoms with Crippen LogP contribution in [0.5, 0.6) is 5.75 Å². The number of piperazine rings is 1. The Morgan fingerprint density at radius 1 is 1.36 bits per heavy atom. The minimum Gasteiger partial charge on any atom is -0.492 e. The third-order valence-corrected chi connectivity index (χ3v) is 5.55. The average molecular weight is 467 g/mol. The van der Waals surface area contributed by atoms with Crippen molar-refractivity contribution in [3.05, 3.63) is 28.2 Å². The Morgan fingerprint density at radius 3 is 2.68 bits per heavy atom. The number of nitrogens with one attached hydrogen (secondary N) is 1. The number of ether oxygens (including phenoxy) is 1. The highest BCUT2D eigenvalue weighted by atomic mass is 79.9. The summed E-state index contributed by atoms with van der Waals surface area (Å²) in [7, 11) is 0. The lowest BCUT2D eigenvalue weighted by atomic mass is 10.1. The van der Waals surface area contributed by atoms with Gasteiger partial charge < -0.3 is 9.64 Å². The van der Waals surface area contributed by atoms with Crippen LogP contribution in [0, 0.1) is 17.2 Å². The molecule has 1 aromatic rings. The molecule has 1 N–H and O–H groups in total. The quantitative estimate of drug-likeness (QED) is 0.620. The fourth-order valence-corrected chi connectivity index (χ4v) is 3.56. The number of rotatable bonds is 7. The van der Waals surface area contributed by atoms with Gasteiger partial charge in [-0.2, -0.15) is 5.26 Å². The molecular weight excluding hydrogens is 440 g/mol. The molecule has 0 spiro atoms. The SMILES string of the molecule is CC(C)CCOc1ccc(C(=O)NC(=S)N2CCN(CCC#N)CC2)cc1Br. The van der Waals surface area contributed by atoms with Crippen molar-refractivity contribution in [1.82, 2.24) is 15.1 Å². The zero-order valence-corrected chi connectivity index (χ0v) is 18.8. The van der Waals surface area contributed by atoms with Gasteiger partial charge in [0.25, 0.3) is 5.91 Å². The number of thiocarbonyl (C=S) groups is 1. The smallest absolute Gasteiger partial charge is 0.257 e. The van der Waals surface area contributed by atoms with E-state index in [1.807, 2.05) is 4.90 Å². The molecule has 0 radical (unpaired) electrons. The summed E-state index contributed by atoms with van der Waals surface area (Å²) in [6, 6.07) is 7.46. The number of halogens is 1. The molecule has 0 bridgehead atoms. The first kappa shape index (κ1) is 22.6. The van der Waals surface area contributed by atoms with E-state index in [2.05, 4.69) is 46.1 Å². The van der Waals surface area contributed by atoms with Crippen LogP contribution in [0.3, 0.4) is 0 Å². The van der Waals surface area contributed by atoms with Gasteiger partial charge in [-0.1, -0.05) is 13.8 Å². The maximum atomic E-state index is 12.5. The molecule has 8 heteroatoms. The van der Waals surface area contributed by atoms with Gasteiger partial charge in [0.1, 0.15) is 5.75 Å². The molecule has 1 saturated heterocycles. The average Bonchev–Trinajstić information content (AvgIpc) is 2.67. The van der Waals surface area contributed by atoms with E-state index in [0.29, 0.717) is 29.6 Å². The topological polar surface area (TPSA) is 68.6 Å². The van der Waals surface area contributed by atoms with Crippen LogP contribution in [0.1, 0.15) is 37.0 Å². The van der Waals surface area contributed by atoms with E-state index in [0.717, 1.165) is 49.4 Å². The van der Waals surface area contributed by atoms with Crippen LogP contribution < -0.4 is 10.1 Å². The van der Waals surface area contributed by atoms with Crippen molar-refractivity contribution in [2.75, 3.05) is 39.3 Å². The number of hydrogen-bond acceptors (Lipinski definition) is 5. The van der Waals surface area contributed by atoms with Gasteiger partial charge in [-0.3, -0.25) is 15.0 Å². The van der Waals surface area contributed by atoms with E-state index in [4.69, 9.17) is 22.2 Å². The van der Waals surface area contributed by atoms with Gasteiger partial charge in [-0.15, -0.1) is 0 Å². The molecule has 0 aromatic heterocycles. The van der Waals surface area contributed by atoms with Gasteiger partial charge >= 0.3 is 0 Å². The summed E-state index contributed by atoms with van der Waals surface area (Å²) >= 11 is 8.88. The fourth-order valence-electron chi connectivity index (χ4n) is 2.79. The minimum absolute atomic E-state index is 0.230. The molecule has 0 aliphatic carbocycles. The first-order chi connectivity index (χ1) is 13.4. The minimum atomic E-state index is -0.230. The molecule has 1 aromatic carbocycles. The zero-order chi connectivity index (χ0) is 20.5. The molecule has 6 nitrogen and oxygen atoms in total. The van der Waals surface area contributed by atoms with Crippen molar-refractivity contribution in [3.63, 3.8) is 0 Å². The van der Waals surface area contributed by atoms with Crippen molar-refractivity contribution < 1.29 is 9.53 Å². The summed E-state index contributed by atoms with van der Waals surface area (Å²) in [5.41, 5.74) is 0.526. The zero-order valence-electron chi connectivity index (χ0n) is 16.4. The standard InChI is InChI=1S/C20H27BrN4O2S/c1-15(2)6-13-27-18-5-4-16(14-17(18)21)19(26)23-20(28)25-11-9-24(10-12-25)8-3-7-22/h4-5,14-15H,3,6,8-13H2,1-2H3,(H,23,26,28). The molecule has 2 rings (SSSR count). The van der Waals surface area contributed by atoms with Gasteiger partial charge in [0.15, 0.2) is 5.11 Å². The molecule has 152 valence electrons. The van der Waals surface area contributed by atoms with Crippen LogP contribution in [0.2, 0.25) is 0 Å². The van der Waals surface area contributed by atoms with Gasteiger partial charge in [0.05, 0.1) is 17.1 Å². The number of hydrogen-bond donors (Lipinski definition) is 1. The van der Waals surface area contributed by atoms with Crippen molar-refractivity contribution in [2.24, 2.45) is 5.92 Å². The highest BCUT2D eigenvalue weighted by Crippen LogP contribution is 2.26. The molecule has 0 unspecified atom stereocenters. The normalized spacial score (nSPS) is 14.6. The number of nitriles is 1. The number of nitrogens with zero attached hydrogens (tertiary/aromatic N) is 3. The molecule has 0 saturated carbocycles. The second kappa shape index (κ2) is 11.3. The van der Waals surface area contributed by atoms with Crippen molar-refractivity contribution in [2.45, 2.75) is 26.7 Å². The Kier molecular flexibility index (Phi) is 9.16. The van der Waals surface area contributed by atoms with Crippen LogP contribution in [-0.2, 0) is 0 Å².